The Hall–Kier alpha value is -0.290. The maximum atomic E-state index is 13.1. The number of rotatable bonds is 1. The van der Waals surface area contributed by atoms with Gasteiger partial charge in [0, 0.05) is 5.92 Å². The van der Waals surface area contributed by atoms with Crippen molar-refractivity contribution in [3.05, 3.63) is 0 Å². The largest absolute Gasteiger partial charge is 0.417 e. The summed E-state index contributed by atoms with van der Waals surface area (Å²) in [5.41, 5.74) is -2.80. The lowest BCUT2D eigenvalue weighted by molar-refractivity contribution is -0.291. The summed E-state index contributed by atoms with van der Waals surface area (Å²) in [6, 6.07) is 0. The van der Waals surface area contributed by atoms with Crippen molar-refractivity contribution in [3.8, 4) is 0 Å². The molecule has 0 aromatic heterocycles. The summed E-state index contributed by atoms with van der Waals surface area (Å²) in [6.07, 6.45) is -3.72. The molecule has 0 radical (unpaired) electrons. The van der Waals surface area contributed by atoms with Gasteiger partial charge in [0.25, 0.3) is 0 Å². The lowest BCUT2D eigenvalue weighted by atomic mass is 9.58. The van der Waals surface area contributed by atoms with Crippen LogP contribution in [0.25, 0.3) is 0 Å². The molecule has 0 saturated heterocycles. The van der Waals surface area contributed by atoms with Gasteiger partial charge in [-0.2, -0.15) is 13.2 Å². The van der Waals surface area contributed by atoms with Gasteiger partial charge in [-0.3, -0.25) is 0 Å². The van der Waals surface area contributed by atoms with Gasteiger partial charge in [0.05, 0.1) is 6.10 Å². The van der Waals surface area contributed by atoms with Gasteiger partial charge in [-0.1, -0.05) is 13.8 Å². The van der Waals surface area contributed by atoms with E-state index in [9.17, 15) is 23.4 Å². The Balaban J connectivity index is 1.85. The van der Waals surface area contributed by atoms with Crippen LogP contribution in [0.4, 0.5) is 13.2 Å². The Morgan fingerprint density at radius 1 is 0.952 bits per heavy atom. The zero-order chi connectivity index (χ0) is 15.7. The molecule has 3 aliphatic rings. The molecular formula is C16H25F3O2. The highest BCUT2D eigenvalue weighted by Gasteiger charge is 2.64. The lowest BCUT2D eigenvalue weighted by Gasteiger charge is -2.50. The van der Waals surface area contributed by atoms with E-state index in [2.05, 4.69) is 13.8 Å². The Morgan fingerprint density at radius 2 is 1.52 bits per heavy atom. The summed E-state index contributed by atoms with van der Waals surface area (Å²) < 4.78 is 39.3. The van der Waals surface area contributed by atoms with E-state index in [-0.39, 0.29) is 12.3 Å². The number of hydrogen-bond acceptors (Lipinski definition) is 2. The normalized spacial score (nSPS) is 52.6. The Kier molecular flexibility index (Phi) is 3.42. The van der Waals surface area contributed by atoms with Crippen LogP contribution in [0, 0.1) is 41.4 Å². The number of fused-ring (bicyclic) bond motifs is 5. The van der Waals surface area contributed by atoms with Crippen LogP contribution in [0.2, 0.25) is 0 Å². The van der Waals surface area contributed by atoms with Crippen LogP contribution in [0.1, 0.15) is 40.0 Å². The Labute approximate surface area is 123 Å². The maximum Gasteiger partial charge on any atom is 0.417 e. The zero-order valence-electron chi connectivity index (χ0n) is 12.8. The van der Waals surface area contributed by atoms with Crippen molar-refractivity contribution >= 4 is 0 Å². The van der Waals surface area contributed by atoms with E-state index in [4.69, 9.17) is 0 Å². The predicted molar refractivity (Wildman–Crippen MR) is 72.3 cm³/mol. The van der Waals surface area contributed by atoms with Gasteiger partial charge in [-0.15, -0.1) is 0 Å². The van der Waals surface area contributed by atoms with Crippen molar-refractivity contribution in [2.45, 2.75) is 57.9 Å². The highest BCUT2D eigenvalue weighted by atomic mass is 19.4. The molecule has 5 heteroatoms. The van der Waals surface area contributed by atoms with E-state index >= 15 is 0 Å². The molecule has 3 aliphatic carbocycles. The summed E-state index contributed by atoms with van der Waals surface area (Å²) in [6.45, 7) is 5.21. The standard InChI is InChI=1S/C16H25F3O2/c1-7-8(2)11-6-10(7)9-4-5-12(14(20)13(9)11)15(3,21)16(17,18)19/h7-14,20-21H,4-6H2,1-3H3. The van der Waals surface area contributed by atoms with Crippen LogP contribution in [0.15, 0.2) is 0 Å². The Morgan fingerprint density at radius 3 is 2.10 bits per heavy atom. The molecule has 21 heavy (non-hydrogen) atoms. The van der Waals surface area contributed by atoms with Gasteiger partial charge < -0.3 is 10.2 Å². The van der Waals surface area contributed by atoms with E-state index < -0.39 is 23.8 Å². The van der Waals surface area contributed by atoms with Crippen molar-refractivity contribution in [2.75, 3.05) is 0 Å². The summed E-state index contributed by atoms with van der Waals surface area (Å²) in [5.74, 6) is 1.10. The quantitative estimate of drug-likeness (QED) is 0.781. The molecule has 0 aromatic carbocycles. The molecule has 3 rings (SSSR count). The number of aliphatic hydroxyl groups excluding tert-OH is 1. The van der Waals surface area contributed by atoms with Crippen molar-refractivity contribution in [2.24, 2.45) is 41.4 Å². The molecule has 2 N–H and O–H groups in total. The highest BCUT2D eigenvalue weighted by Crippen LogP contribution is 2.63. The topological polar surface area (TPSA) is 40.5 Å². The summed E-state index contributed by atoms with van der Waals surface area (Å²) in [7, 11) is 0. The highest BCUT2D eigenvalue weighted by molar-refractivity contribution is 5.10. The monoisotopic (exact) mass is 306 g/mol. The third-order valence-corrected chi connectivity index (χ3v) is 7.18. The smallest absolute Gasteiger partial charge is 0.392 e. The van der Waals surface area contributed by atoms with E-state index in [1.54, 1.807) is 0 Å². The molecule has 0 heterocycles. The number of hydrogen-bond donors (Lipinski definition) is 2. The van der Waals surface area contributed by atoms with Crippen molar-refractivity contribution < 1.29 is 23.4 Å². The first-order valence-corrected chi connectivity index (χ1v) is 8.04. The number of alkyl halides is 3. The fourth-order valence-electron chi connectivity index (χ4n) is 5.75. The van der Waals surface area contributed by atoms with Crippen molar-refractivity contribution in [3.63, 3.8) is 0 Å². The van der Waals surface area contributed by atoms with Crippen LogP contribution in [-0.2, 0) is 0 Å². The molecule has 3 fully saturated rings. The molecule has 0 spiro atoms. The minimum atomic E-state index is -4.69. The maximum absolute atomic E-state index is 13.1. The average Bonchev–Trinajstić information content (AvgIpc) is 2.87. The molecule has 9 unspecified atom stereocenters. The van der Waals surface area contributed by atoms with Crippen LogP contribution < -0.4 is 0 Å². The number of aliphatic hydroxyl groups is 2. The van der Waals surface area contributed by atoms with Crippen LogP contribution in [0.3, 0.4) is 0 Å². The average molecular weight is 306 g/mol. The predicted octanol–water partition coefficient (Wildman–Crippen LogP) is 3.22. The Bertz CT molecular complexity index is 418. The summed E-state index contributed by atoms with van der Waals surface area (Å²) in [5, 5.41) is 20.6. The zero-order valence-corrected chi connectivity index (χ0v) is 12.8. The first kappa shape index (κ1) is 15.6. The second kappa shape index (κ2) is 4.60. The van der Waals surface area contributed by atoms with E-state index in [0.717, 1.165) is 13.3 Å². The minimum Gasteiger partial charge on any atom is -0.392 e. The molecule has 3 saturated carbocycles. The van der Waals surface area contributed by atoms with Crippen LogP contribution in [0.5, 0.6) is 0 Å². The first-order chi connectivity index (χ1) is 9.57. The van der Waals surface area contributed by atoms with Gasteiger partial charge in [0.2, 0.25) is 0 Å². The molecule has 122 valence electrons. The lowest BCUT2D eigenvalue weighted by Crippen LogP contribution is -2.58. The fourth-order valence-corrected chi connectivity index (χ4v) is 5.75. The molecular weight excluding hydrogens is 281 g/mol. The second-order valence-corrected chi connectivity index (χ2v) is 7.84. The second-order valence-electron chi connectivity index (χ2n) is 7.84. The SMILES string of the molecule is CC1C(C)C2CC1C1CCC(C(C)(O)C(F)(F)F)C(O)C21. The van der Waals surface area contributed by atoms with E-state index in [1.807, 2.05) is 0 Å². The van der Waals surface area contributed by atoms with Crippen molar-refractivity contribution in [1.29, 1.82) is 0 Å². The fraction of sp³-hybridized carbons (Fsp3) is 1.00. The molecule has 0 amide bonds. The summed E-state index contributed by atoms with van der Waals surface area (Å²) in [4.78, 5) is 0. The van der Waals surface area contributed by atoms with Crippen LogP contribution >= 0.6 is 0 Å². The van der Waals surface area contributed by atoms with Gasteiger partial charge in [0.15, 0.2) is 5.60 Å². The van der Waals surface area contributed by atoms with Gasteiger partial charge >= 0.3 is 6.18 Å². The minimum absolute atomic E-state index is 0.0613. The molecule has 2 bridgehead atoms. The van der Waals surface area contributed by atoms with Gasteiger partial charge in [0.1, 0.15) is 0 Å². The van der Waals surface area contributed by atoms with E-state index in [1.165, 1.54) is 0 Å². The van der Waals surface area contributed by atoms with E-state index in [0.29, 0.717) is 36.0 Å². The molecule has 2 nitrogen and oxygen atoms in total. The van der Waals surface area contributed by atoms with Gasteiger partial charge in [-0.05, 0) is 61.7 Å². The molecule has 0 aliphatic heterocycles. The first-order valence-electron chi connectivity index (χ1n) is 8.04. The van der Waals surface area contributed by atoms with Gasteiger partial charge in [-0.25, -0.2) is 0 Å². The third kappa shape index (κ3) is 1.99. The molecule has 9 atom stereocenters. The third-order valence-electron chi connectivity index (χ3n) is 7.18. The van der Waals surface area contributed by atoms with Crippen LogP contribution in [-0.4, -0.2) is 28.1 Å². The van der Waals surface area contributed by atoms with Crippen molar-refractivity contribution in [1.82, 2.24) is 0 Å². The molecule has 0 aromatic rings. The number of halogens is 3. The summed E-state index contributed by atoms with van der Waals surface area (Å²) >= 11 is 0.